The molecule has 1 aliphatic carbocycles. The molecule has 0 saturated heterocycles. The molecule has 1 aliphatic rings. The highest BCUT2D eigenvalue weighted by molar-refractivity contribution is 5.58. The van der Waals surface area contributed by atoms with Crippen molar-refractivity contribution in [3.63, 3.8) is 0 Å². The van der Waals surface area contributed by atoms with Gasteiger partial charge in [-0.05, 0) is 49.8 Å². The Labute approximate surface area is 108 Å². The van der Waals surface area contributed by atoms with Gasteiger partial charge in [0.05, 0.1) is 17.4 Å². The Morgan fingerprint density at radius 3 is 3.00 bits per heavy atom. The quantitative estimate of drug-likeness (QED) is 0.859. The summed E-state index contributed by atoms with van der Waals surface area (Å²) in [7, 11) is 0. The van der Waals surface area contributed by atoms with E-state index in [4.69, 9.17) is 5.26 Å². The van der Waals surface area contributed by atoms with Crippen LogP contribution in [0.5, 0.6) is 0 Å². The number of nitrogens with zero attached hydrogens (tertiary/aromatic N) is 1. The van der Waals surface area contributed by atoms with E-state index in [-0.39, 0.29) is 6.10 Å². The lowest BCUT2D eigenvalue weighted by Gasteiger charge is -2.26. The van der Waals surface area contributed by atoms with Crippen LogP contribution in [-0.4, -0.2) is 17.8 Å². The van der Waals surface area contributed by atoms with Gasteiger partial charge < -0.3 is 10.4 Å². The summed E-state index contributed by atoms with van der Waals surface area (Å²) in [4.78, 5) is 0. The molecule has 1 fully saturated rings. The first-order valence-corrected chi connectivity index (χ1v) is 6.61. The molecule has 2 unspecified atom stereocenters. The number of anilines is 1. The van der Waals surface area contributed by atoms with Crippen LogP contribution in [0.2, 0.25) is 0 Å². The van der Waals surface area contributed by atoms with Gasteiger partial charge in [0.15, 0.2) is 0 Å². The molecular weight excluding hydrogens is 224 g/mol. The molecule has 2 N–H and O–H groups in total. The van der Waals surface area contributed by atoms with Crippen LogP contribution in [-0.2, 0) is 0 Å². The number of hydrogen-bond acceptors (Lipinski definition) is 3. The van der Waals surface area contributed by atoms with Crippen molar-refractivity contribution >= 4 is 5.69 Å². The van der Waals surface area contributed by atoms with Crippen LogP contribution in [0.3, 0.4) is 0 Å². The maximum atomic E-state index is 9.63. The molecule has 0 spiro atoms. The maximum absolute atomic E-state index is 9.63. The summed E-state index contributed by atoms with van der Waals surface area (Å²) in [5, 5.41) is 22.1. The number of aryl methyl sites for hydroxylation is 1. The topological polar surface area (TPSA) is 56.0 Å². The van der Waals surface area contributed by atoms with Crippen LogP contribution in [0, 0.1) is 24.2 Å². The molecule has 1 aromatic rings. The summed E-state index contributed by atoms with van der Waals surface area (Å²) < 4.78 is 0. The summed E-state index contributed by atoms with van der Waals surface area (Å²) in [6, 6.07) is 8.10. The van der Waals surface area contributed by atoms with Gasteiger partial charge in [-0.1, -0.05) is 12.5 Å². The minimum Gasteiger partial charge on any atom is -0.393 e. The van der Waals surface area contributed by atoms with Gasteiger partial charge in [0.2, 0.25) is 0 Å². The zero-order chi connectivity index (χ0) is 13.0. The predicted molar refractivity (Wildman–Crippen MR) is 72.3 cm³/mol. The first-order chi connectivity index (χ1) is 8.69. The van der Waals surface area contributed by atoms with Crippen molar-refractivity contribution in [2.75, 3.05) is 11.9 Å². The number of rotatable bonds is 3. The SMILES string of the molecule is Cc1ccc(NCC2CCCC(O)C2)c(C#N)c1. The highest BCUT2D eigenvalue weighted by Crippen LogP contribution is 2.25. The zero-order valence-corrected chi connectivity index (χ0v) is 10.8. The van der Waals surface area contributed by atoms with Gasteiger partial charge >= 0.3 is 0 Å². The Kier molecular flexibility index (Phi) is 4.22. The highest BCUT2D eigenvalue weighted by atomic mass is 16.3. The summed E-state index contributed by atoms with van der Waals surface area (Å²) in [5.74, 6) is 0.515. The molecule has 2 rings (SSSR count). The molecule has 0 radical (unpaired) electrons. The van der Waals surface area contributed by atoms with E-state index in [1.807, 2.05) is 25.1 Å². The lowest BCUT2D eigenvalue weighted by molar-refractivity contribution is 0.105. The van der Waals surface area contributed by atoms with Gasteiger partial charge in [0.1, 0.15) is 6.07 Å². The van der Waals surface area contributed by atoms with Gasteiger partial charge in [0, 0.05) is 6.54 Å². The number of nitrogens with one attached hydrogen (secondary N) is 1. The lowest BCUT2D eigenvalue weighted by atomic mass is 9.87. The summed E-state index contributed by atoms with van der Waals surface area (Å²) in [6.07, 6.45) is 3.94. The maximum Gasteiger partial charge on any atom is 0.101 e. The van der Waals surface area contributed by atoms with Crippen molar-refractivity contribution in [2.24, 2.45) is 5.92 Å². The molecule has 0 bridgehead atoms. The second kappa shape index (κ2) is 5.88. The predicted octanol–water partition coefficient (Wildman–Crippen LogP) is 2.83. The Morgan fingerprint density at radius 1 is 1.44 bits per heavy atom. The van der Waals surface area contributed by atoms with E-state index >= 15 is 0 Å². The monoisotopic (exact) mass is 244 g/mol. The van der Waals surface area contributed by atoms with Gasteiger partial charge in [-0.25, -0.2) is 0 Å². The largest absolute Gasteiger partial charge is 0.393 e. The van der Waals surface area contributed by atoms with Crippen LogP contribution in [0.25, 0.3) is 0 Å². The van der Waals surface area contributed by atoms with E-state index in [2.05, 4.69) is 11.4 Å². The van der Waals surface area contributed by atoms with Gasteiger partial charge in [-0.2, -0.15) is 5.26 Å². The van der Waals surface area contributed by atoms with Crippen LogP contribution in [0.1, 0.15) is 36.8 Å². The summed E-state index contributed by atoms with van der Waals surface area (Å²) >= 11 is 0. The molecule has 1 aromatic carbocycles. The Morgan fingerprint density at radius 2 is 2.28 bits per heavy atom. The third-order valence-corrected chi connectivity index (χ3v) is 3.63. The molecule has 0 heterocycles. The minimum absolute atomic E-state index is 0.140. The molecule has 0 aliphatic heterocycles. The van der Waals surface area contributed by atoms with Crippen molar-refractivity contribution in [1.29, 1.82) is 5.26 Å². The smallest absolute Gasteiger partial charge is 0.101 e. The first-order valence-electron chi connectivity index (χ1n) is 6.61. The molecule has 0 aromatic heterocycles. The molecule has 1 saturated carbocycles. The van der Waals surface area contributed by atoms with Crippen LogP contribution < -0.4 is 5.32 Å². The Bertz CT molecular complexity index is 450. The Hall–Kier alpha value is -1.53. The molecule has 3 nitrogen and oxygen atoms in total. The molecule has 0 amide bonds. The molecular formula is C15H20N2O. The molecule has 18 heavy (non-hydrogen) atoms. The fraction of sp³-hybridized carbons (Fsp3) is 0.533. The number of hydrogen-bond donors (Lipinski definition) is 2. The average molecular weight is 244 g/mol. The van der Waals surface area contributed by atoms with Crippen molar-refractivity contribution in [1.82, 2.24) is 0 Å². The fourth-order valence-corrected chi connectivity index (χ4v) is 2.61. The summed E-state index contributed by atoms with van der Waals surface area (Å²) in [5.41, 5.74) is 2.71. The second-order valence-corrected chi connectivity index (χ2v) is 5.23. The zero-order valence-electron chi connectivity index (χ0n) is 10.8. The highest BCUT2D eigenvalue weighted by Gasteiger charge is 2.19. The number of aliphatic hydroxyl groups is 1. The van der Waals surface area contributed by atoms with E-state index in [9.17, 15) is 5.11 Å². The van der Waals surface area contributed by atoms with Crippen LogP contribution in [0.15, 0.2) is 18.2 Å². The lowest BCUT2D eigenvalue weighted by Crippen LogP contribution is -2.25. The van der Waals surface area contributed by atoms with E-state index in [1.54, 1.807) is 0 Å². The Balaban J connectivity index is 1.96. The van der Waals surface area contributed by atoms with Crippen molar-refractivity contribution in [3.8, 4) is 6.07 Å². The van der Waals surface area contributed by atoms with Gasteiger partial charge in [0.25, 0.3) is 0 Å². The van der Waals surface area contributed by atoms with Crippen LogP contribution in [0.4, 0.5) is 5.69 Å². The van der Waals surface area contributed by atoms with Gasteiger partial charge in [-0.3, -0.25) is 0 Å². The van der Waals surface area contributed by atoms with E-state index in [1.165, 1.54) is 0 Å². The number of aliphatic hydroxyl groups excluding tert-OH is 1. The first kappa shape index (κ1) is 12.9. The van der Waals surface area contributed by atoms with Crippen molar-refractivity contribution in [3.05, 3.63) is 29.3 Å². The normalized spacial score (nSPS) is 23.4. The average Bonchev–Trinajstić information content (AvgIpc) is 2.37. The molecule has 3 heteroatoms. The standard InChI is InChI=1S/C15H20N2O/c1-11-5-6-15(13(7-11)9-16)17-10-12-3-2-4-14(18)8-12/h5-7,12,14,17-18H,2-4,8,10H2,1H3. The third-order valence-electron chi connectivity index (χ3n) is 3.63. The van der Waals surface area contributed by atoms with Crippen LogP contribution >= 0.6 is 0 Å². The summed E-state index contributed by atoms with van der Waals surface area (Å²) in [6.45, 7) is 2.83. The number of benzene rings is 1. The van der Waals surface area contributed by atoms with E-state index < -0.39 is 0 Å². The van der Waals surface area contributed by atoms with Crippen molar-refractivity contribution in [2.45, 2.75) is 38.7 Å². The molecule has 2 atom stereocenters. The second-order valence-electron chi connectivity index (χ2n) is 5.23. The third kappa shape index (κ3) is 3.24. The van der Waals surface area contributed by atoms with E-state index in [0.29, 0.717) is 11.5 Å². The fourth-order valence-electron chi connectivity index (χ4n) is 2.61. The van der Waals surface area contributed by atoms with E-state index in [0.717, 1.165) is 43.5 Å². The van der Waals surface area contributed by atoms with Crippen molar-refractivity contribution < 1.29 is 5.11 Å². The number of nitriles is 1. The molecule has 96 valence electrons. The minimum atomic E-state index is -0.140. The van der Waals surface area contributed by atoms with Gasteiger partial charge in [-0.15, -0.1) is 0 Å².